The van der Waals surface area contributed by atoms with Crippen molar-refractivity contribution in [3.63, 3.8) is 0 Å². The van der Waals surface area contributed by atoms with Crippen molar-refractivity contribution in [3.05, 3.63) is 0 Å². The van der Waals surface area contributed by atoms with E-state index in [0.717, 1.165) is 13.8 Å². The van der Waals surface area contributed by atoms with Gasteiger partial charge in [0.2, 0.25) is 23.6 Å². The zero-order valence-electron chi connectivity index (χ0n) is 20.0. The molecule has 16 heteroatoms. The molecule has 1 heterocycles. The summed E-state index contributed by atoms with van der Waals surface area (Å²) in [6.45, 7) is 2.79. The lowest BCUT2D eigenvalue weighted by Gasteiger charge is -2.43. The van der Waals surface area contributed by atoms with Gasteiger partial charge < -0.3 is 56.7 Å². The molecule has 1 unspecified atom stereocenters. The second-order valence-electron chi connectivity index (χ2n) is 8.34. The highest BCUT2D eigenvalue weighted by atomic mass is 16.6. The highest BCUT2D eigenvalue weighted by Crippen LogP contribution is 2.23. The maximum atomic E-state index is 12.7. The van der Waals surface area contributed by atoms with Gasteiger partial charge in [-0.15, -0.1) is 0 Å². The number of amides is 4. The average molecular weight is 523 g/mol. The van der Waals surface area contributed by atoms with Crippen LogP contribution in [-0.2, 0) is 33.4 Å². The van der Waals surface area contributed by atoms with Gasteiger partial charge in [-0.05, 0) is 20.3 Å². The lowest BCUT2D eigenvalue weighted by molar-refractivity contribution is -0.266. The van der Waals surface area contributed by atoms with Crippen molar-refractivity contribution >= 4 is 29.6 Å². The summed E-state index contributed by atoms with van der Waals surface area (Å²) in [6.07, 6.45) is -9.59. The SMILES string of the molecule is CC(=O)N[C@H]1C(O)O[C@H](CO)[C@@H](O)[C@@H]1O[C@H](C)C(=O)N[C@H](C(=O)N[C@H](CCC(N)=O)C(=O)O)[C@@H](C)O. The fraction of sp³-hybridized carbons (Fsp3) is 0.750. The summed E-state index contributed by atoms with van der Waals surface area (Å²) in [5.41, 5.74) is 4.99. The fourth-order valence-electron chi connectivity index (χ4n) is 3.41. The number of rotatable bonds is 13. The first-order chi connectivity index (χ1) is 16.7. The standard InChI is InChI=1S/C20H34N4O12/c1-7(26)13(18(31)23-10(19(32)33)4-5-12(21)28)24-17(30)8(2)35-16-14(22-9(3)27)20(34)36-11(6-25)15(16)29/h7-8,10-11,13-16,20,25-26,29,34H,4-6H2,1-3H3,(H2,21,28)(H,22,27)(H,23,31)(H,24,30)(H,32,33)/t7-,8-,10-,11-,13+,14-,15-,16-,20?/m1/s1. The number of nitrogens with two attached hydrogens (primary N) is 1. The largest absolute Gasteiger partial charge is 0.480 e. The first kappa shape index (κ1) is 31.1. The van der Waals surface area contributed by atoms with E-state index in [1.165, 1.54) is 6.92 Å². The molecule has 1 aliphatic rings. The normalized spacial score (nSPS) is 27.1. The molecule has 16 nitrogen and oxygen atoms in total. The third-order valence-electron chi connectivity index (χ3n) is 5.33. The Morgan fingerprint density at radius 1 is 1.08 bits per heavy atom. The predicted octanol–water partition coefficient (Wildman–Crippen LogP) is -4.96. The number of carboxylic acid groups (broad SMARTS) is 1. The number of aliphatic carboxylic acids is 1. The predicted molar refractivity (Wildman–Crippen MR) is 118 cm³/mol. The van der Waals surface area contributed by atoms with E-state index in [2.05, 4.69) is 16.0 Å². The van der Waals surface area contributed by atoms with Gasteiger partial charge in [0.05, 0.1) is 12.7 Å². The van der Waals surface area contributed by atoms with Crippen LogP contribution in [0.3, 0.4) is 0 Å². The Balaban J connectivity index is 2.96. The van der Waals surface area contributed by atoms with Crippen LogP contribution in [-0.4, -0.2) is 117 Å². The molecule has 0 saturated carbocycles. The molecule has 0 aromatic rings. The molecule has 9 atom stereocenters. The van der Waals surface area contributed by atoms with E-state index in [9.17, 15) is 49.5 Å². The first-order valence-corrected chi connectivity index (χ1v) is 11.0. The van der Waals surface area contributed by atoms with Crippen LogP contribution >= 0.6 is 0 Å². The van der Waals surface area contributed by atoms with Crippen LogP contribution in [0.1, 0.15) is 33.6 Å². The maximum Gasteiger partial charge on any atom is 0.326 e. The molecule has 0 radical (unpaired) electrons. The van der Waals surface area contributed by atoms with E-state index in [-0.39, 0.29) is 12.8 Å². The Bertz CT molecular complexity index is 810. The Morgan fingerprint density at radius 3 is 2.17 bits per heavy atom. The van der Waals surface area contributed by atoms with Crippen molar-refractivity contribution in [1.82, 2.24) is 16.0 Å². The van der Waals surface area contributed by atoms with Gasteiger partial charge in [-0.3, -0.25) is 19.2 Å². The van der Waals surface area contributed by atoms with Crippen molar-refractivity contribution in [3.8, 4) is 0 Å². The molecule has 1 fully saturated rings. The molecule has 206 valence electrons. The molecule has 0 aliphatic carbocycles. The van der Waals surface area contributed by atoms with Crippen LogP contribution in [0.2, 0.25) is 0 Å². The van der Waals surface area contributed by atoms with Crippen molar-refractivity contribution in [2.75, 3.05) is 6.61 Å². The van der Waals surface area contributed by atoms with Crippen molar-refractivity contribution in [1.29, 1.82) is 0 Å². The van der Waals surface area contributed by atoms with Gasteiger partial charge in [-0.2, -0.15) is 0 Å². The van der Waals surface area contributed by atoms with Gasteiger partial charge in [0.25, 0.3) is 0 Å². The monoisotopic (exact) mass is 522 g/mol. The van der Waals surface area contributed by atoms with E-state index in [4.69, 9.17) is 15.2 Å². The van der Waals surface area contributed by atoms with E-state index >= 15 is 0 Å². The van der Waals surface area contributed by atoms with Gasteiger partial charge in [0, 0.05) is 13.3 Å². The molecule has 0 spiro atoms. The third-order valence-corrected chi connectivity index (χ3v) is 5.33. The molecule has 0 aromatic heterocycles. The minimum absolute atomic E-state index is 0.322. The minimum Gasteiger partial charge on any atom is -0.480 e. The Labute approximate surface area is 206 Å². The van der Waals surface area contributed by atoms with Crippen molar-refractivity contribution < 1.29 is 59.0 Å². The number of carboxylic acids is 1. The summed E-state index contributed by atoms with van der Waals surface area (Å²) in [5.74, 6) is -4.91. The molecule has 1 aliphatic heterocycles. The van der Waals surface area contributed by atoms with Crippen LogP contribution in [0.15, 0.2) is 0 Å². The number of carbonyl (C=O) groups is 5. The number of aliphatic hydroxyl groups is 4. The average Bonchev–Trinajstić information content (AvgIpc) is 2.77. The van der Waals surface area contributed by atoms with Gasteiger partial charge in [0.15, 0.2) is 6.29 Å². The van der Waals surface area contributed by atoms with Crippen molar-refractivity contribution in [2.45, 2.75) is 88.5 Å². The Morgan fingerprint density at radius 2 is 1.69 bits per heavy atom. The quantitative estimate of drug-likeness (QED) is 0.110. The summed E-state index contributed by atoms with van der Waals surface area (Å²) in [4.78, 5) is 59.1. The summed E-state index contributed by atoms with van der Waals surface area (Å²) >= 11 is 0. The summed E-state index contributed by atoms with van der Waals surface area (Å²) in [6, 6.07) is -4.49. The zero-order valence-corrected chi connectivity index (χ0v) is 20.0. The van der Waals surface area contributed by atoms with Gasteiger partial charge >= 0.3 is 5.97 Å². The second kappa shape index (κ2) is 14.0. The molecule has 10 N–H and O–H groups in total. The molecule has 1 rings (SSSR count). The highest BCUT2D eigenvalue weighted by molar-refractivity contribution is 5.92. The number of carbonyl (C=O) groups excluding carboxylic acids is 4. The summed E-state index contributed by atoms with van der Waals surface area (Å²) < 4.78 is 10.6. The van der Waals surface area contributed by atoms with Crippen LogP contribution < -0.4 is 21.7 Å². The van der Waals surface area contributed by atoms with Crippen LogP contribution in [0.25, 0.3) is 0 Å². The number of nitrogens with one attached hydrogen (secondary N) is 3. The molecule has 0 bridgehead atoms. The van der Waals surface area contributed by atoms with E-state index < -0.39 is 91.1 Å². The second-order valence-corrected chi connectivity index (χ2v) is 8.34. The van der Waals surface area contributed by atoms with Gasteiger partial charge in [-0.1, -0.05) is 0 Å². The first-order valence-electron chi connectivity index (χ1n) is 11.0. The smallest absolute Gasteiger partial charge is 0.326 e. The minimum atomic E-state index is -1.70. The third kappa shape index (κ3) is 8.96. The van der Waals surface area contributed by atoms with E-state index in [1.54, 1.807) is 0 Å². The number of primary amides is 1. The lowest BCUT2D eigenvalue weighted by atomic mass is 9.96. The molecule has 1 saturated heterocycles. The Kier molecular flexibility index (Phi) is 12.1. The summed E-state index contributed by atoms with van der Waals surface area (Å²) in [5, 5.41) is 55.8. The van der Waals surface area contributed by atoms with E-state index in [1.807, 2.05) is 0 Å². The number of ether oxygens (including phenoxy) is 2. The fourth-order valence-corrected chi connectivity index (χ4v) is 3.41. The number of hydrogen-bond donors (Lipinski definition) is 9. The van der Waals surface area contributed by atoms with Crippen LogP contribution in [0, 0.1) is 0 Å². The topological polar surface area (TPSA) is 267 Å². The zero-order chi connectivity index (χ0) is 27.7. The lowest BCUT2D eigenvalue weighted by Crippen LogP contribution is -2.66. The highest BCUT2D eigenvalue weighted by Gasteiger charge is 2.47. The molecular formula is C20H34N4O12. The molecule has 36 heavy (non-hydrogen) atoms. The van der Waals surface area contributed by atoms with E-state index in [0.29, 0.717) is 0 Å². The van der Waals surface area contributed by atoms with Gasteiger partial charge in [-0.25, -0.2) is 4.79 Å². The summed E-state index contributed by atoms with van der Waals surface area (Å²) in [7, 11) is 0. The molecule has 4 amide bonds. The maximum absolute atomic E-state index is 12.7. The molecular weight excluding hydrogens is 488 g/mol. The van der Waals surface area contributed by atoms with Crippen LogP contribution in [0.5, 0.6) is 0 Å². The van der Waals surface area contributed by atoms with Crippen LogP contribution in [0.4, 0.5) is 0 Å². The number of hydrogen-bond acceptors (Lipinski definition) is 11. The number of aliphatic hydroxyl groups excluding tert-OH is 4. The van der Waals surface area contributed by atoms with Crippen molar-refractivity contribution in [2.24, 2.45) is 5.73 Å². The Hall–Kier alpha value is -2.89. The molecule has 0 aromatic carbocycles. The van der Waals surface area contributed by atoms with Gasteiger partial charge in [0.1, 0.15) is 42.5 Å².